The number of sulfonamides is 1. The van der Waals surface area contributed by atoms with Crippen LogP contribution in [-0.2, 0) is 21.3 Å². The molecule has 2 N–H and O–H groups in total. The molecule has 0 aromatic carbocycles. The Morgan fingerprint density at radius 3 is 2.90 bits per heavy atom. The van der Waals surface area contributed by atoms with Gasteiger partial charge in [0.15, 0.2) is 0 Å². The first kappa shape index (κ1) is 15.9. The first-order valence-electron chi connectivity index (χ1n) is 6.92. The van der Waals surface area contributed by atoms with Crippen molar-refractivity contribution in [2.45, 2.75) is 50.2 Å². The third-order valence-corrected chi connectivity index (χ3v) is 5.78. The van der Waals surface area contributed by atoms with E-state index in [0.717, 1.165) is 4.88 Å². The summed E-state index contributed by atoms with van der Waals surface area (Å²) in [5.41, 5.74) is 0. The highest BCUT2D eigenvalue weighted by Crippen LogP contribution is 2.25. The number of nitrogens with one attached hydrogen (secondary N) is 2. The quantitative estimate of drug-likeness (QED) is 0.727. The molecule has 1 fully saturated rings. The molecule has 20 heavy (non-hydrogen) atoms. The molecule has 0 spiro atoms. The third kappa shape index (κ3) is 4.53. The van der Waals surface area contributed by atoms with Gasteiger partial charge in [0.1, 0.15) is 0 Å². The third-order valence-electron chi connectivity index (χ3n) is 3.05. The summed E-state index contributed by atoms with van der Waals surface area (Å²) in [6.07, 6.45) is 2.38. The summed E-state index contributed by atoms with van der Waals surface area (Å²) in [6, 6.07) is 2.01. The highest BCUT2D eigenvalue weighted by molar-refractivity contribution is 7.89. The van der Waals surface area contributed by atoms with Crippen molar-refractivity contribution in [2.75, 3.05) is 13.2 Å². The SMILES string of the molecule is CCOCC(C)NS(=O)(=O)c1ccsc1CNC1CC1. The van der Waals surface area contributed by atoms with Crippen LogP contribution >= 0.6 is 11.3 Å². The average Bonchev–Trinajstić information content (AvgIpc) is 3.09. The van der Waals surface area contributed by atoms with Crippen LogP contribution in [0.25, 0.3) is 0 Å². The zero-order chi connectivity index (χ0) is 14.6. The van der Waals surface area contributed by atoms with Crippen molar-refractivity contribution in [3.8, 4) is 0 Å². The summed E-state index contributed by atoms with van der Waals surface area (Å²) in [5.74, 6) is 0. The van der Waals surface area contributed by atoms with Crippen LogP contribution in [0.2, 0.25) is 0 Å². The van der Waals surface area contributed by atoms with Crippen molar-refractivity contribution in [3.63, 3.8) is 0 Å². The van der Waals surface area contributed by atoms with E-state index in [4.69, 9.17) is 4.74 Å². The normalized spacial score (nSPS) is 17.3. The number of hydrogen-bond donors (Lipinski definition) is 2. The van der Waals surface area contributed by atoms with Crippen LogP contribution < -0.4 is 10.0 Å². The van der Waals surface area contributed by atoms with Crippen LogP contribution in [0.4, 0.5) is 0 Å². The van der Waals surface area contributed by atoms with E-state index in [1.807, 2.05) is 19.2 Å². The molecule has 1 aromatic heterocycles. The van der Waals surface area contributed by atoms with Gasteiger partial charge in [-0.25, -0.2) is 13.1 Å². The first-order chi connectivity index (χ1) is 9.53. The van der Waals surface area contributed by atoms with Gasteiger partial charge in [0.25, 0.3) is 0 Å². The maximum absolute atomic E-state index is 12.4. The van der Waals surface area contributed by atoms with Gasteiger partial charge in [-0.2, -0.15) is 0 Å². The molecule has 0 bridgehead atoms. The summed E-state index contributed by atoms with van der Waals surface area (Å²) in [5, 5.41) is 5.18. The standard InChI is InChI=1S/C13H22N2O3S2/c1-3-18-9-10(2)15-20(16,17)13-6-7-19-12(13)8-14-11-4-5-11/h6-7,10-11,14-15H,3-5,8-9H2,1-2H3. The smallest absolute Gasteiger partial charge is 0.242 e. The molecular weight excluding hydrogens is 296 g/mol. The van der Waals surface area contributed by atoms with Gasteiger partial charge in [-0.1, -0.05) is 0 Å². The number of thiophene rings is 1. The Balaban J connectivity index is 1.98. The van der Waals surface area contributed by atoms with Gasteiger partial charge in [-0.05, 0) is 38.1 Å². The number of hydrogen-bond acceptors (Lipinski definition) is 5. The Morgan fingerprint density at radius 1 is 1.50 bits per heavy atom. The van der Waals surface area contributed by atoms with Crippen molar-refractivity contribution in [2.24, 2.45) is 0 Å². The lowest BCUT2D eigenvalue weighted by Crippen LogP contribution is -2.36. The van der Waals surface area contributed by atoms with E-state index in [2.05, 4.69) is 10.0 Å². The maximum Gasteiger partial charge on any atom is 0.242 e. The van der Waals surface area contributed by atoms with Crippen molar-refractivity contribution >= 4 is 21.4 Å². The Labute approximate surface area is 124 Å². The van der Waals surface area contributed by atoms with Crippen molar-refractivity contribution in [1.29, 1.82) is 0 Å². The molecule has 1 saturated carbocycles. The van der Waals surface area contributed by atoms with E-state index < -0.39 is 10.0 Å². The zero-order valence-corrected chi connectivity index (χ0v) is 13.5. The van der Waals surface area contributed by atoms with Crippen LogP contribution in [0.15, 0.2) is 16.3 Å². The molecule has 0 amide bonds. The topological polar surface area (TPSA) is 67.4 Å². The molecule has 114 valence electrons. The monoisotopic (exact) mass is 318 g/mol. The molecule has 2 rings (SSSR count). The fourth-order valence-corrected chi connectivity index (χ4v) is 4.50. The Kier molecular flexibility index (Phi) is 5.57. The highest BCUT2D eigenvalue weighted by atomic mass is 32.2. The predicted molar refractivity (Wildman–Crippen MR) is 80.5 cm³/mol. The summed E-state index contributed by atoms with van der Waals surface area (Å²) in [6.45, 7) is 5.29. The predicted octanol–water partition coefficient (Wildman–Crippen LogP) is 1.70. The van der Waals surface area contributed by atoms with Crippen LogP contribution in [0.1, 0.15) is 31.6 Å². The summed E-state index contributed by atoms with van der Waals surface area (Å²) >= 11 is 1.48. The molecule has 1 atom stereocenters. The highest BCUT2D eigenvalue weighted by Gasteiger charge is 2.24. The molecule has 0 saturated heterocycles. The molecule has 1 aromatic rings. The first-order valence-corrected chi connectivity index (χ1v) is 9.29. The summed E-state index contributed by atoms with van der Waals surface area (Å²) in [4.78, 5) is 1.26. The van der Waals surface area contributed by atoms with E-state index in [1.165, 1.54) is 24.2 Å². The van der Waals surface area contributed by atoms with Crippen molar-refractivity contribution in [3.05, 3.63) is 16.3 Å². The van der Waals surface area contributed by atoms with Crippen LogP contribution in [0.5, 0.6) is 0 Å². The minimum atomic E-state index is -3.46. The number of rotatable bonds is 9. The van der Waals surface area contributed by atoms with Crippen molar-refractivity contribution in [1.82, 2.24) is 10.0 Å². The van der Waals surface area contributed by atoms with Gasteiger partial charge in [-0.15, -0.1) is 11.3 Å². The molecule has 1 aliphatic carbocycles. The molecule has 0 aliphatic heterocycles. The lowest BCUT2D eigenvalue weighted by atomic mass is 10.4. The minimum Gasteiger partial charge on any atom is -0.380 e. The Hall–Kier alpha value is -0.470. The average molecular weight is 318 g/mol. The van der Waals surface area contributed by atoms with Gasteiger partial charge in [-0.3, -0.25) is 0 Å². The second kappa shape index (κ2) is 7.00. The van der Waals surface area contributed by atoms with E-state index in [0.29, 0.717) is 30.7 Å². The molecule has 1 unspecified atom stereocenters. The second-order valence-corrected chi connectivity index (χ2v) is 7.73. The van der Waals surface area contributed by atoms with Gasteiger partial charge in [0.2, 0.25) is 10.0 Å². The van der Waals surface area contributed by atoms with E-state index in [1.54, 1.807) is 6.07 Å². The molecule has 1 heterocycles. The second-order valence-electron chi connectivity index (χ2n) is 5.05. The summed E-state index contributed by atoms with van der Waals surface area (Å²) < 4.78 is 32.6. The Bertz CT molecular complexity index is 523. The van der Waals surface area contributed by atoms with Crippen LogP contribution in [0, 0.1) is 0 Å². The molecule has 5 nitrogen and oxygen atoms in total. The van der Waals surface area contributed by atoms with Crippen LogP contribution in [-0.4, -0.2) is 33.7 Å². The molecular formula is C13H22N2O3S2. The van der Waals surface area contributed by atoms with Gasteiger partial charge >= 0.3 is 0 Å². The van der Waals surface area contributed by atoms with Gasteiger partial charge in [0.05, 0.1) is 11.5 Å². The zero-order valence-electron chi connectivity index (χ0n) is 11.9. The van der Waals surface area contributed by atoms with E-state index in [9.17, 15) is 8.42 Å². The largest absolute Gasteiger partial charge is 0.380 e. The van der Waals surface area contributed by atoms with Crippen LogP contribution in [0.3, 0.4) is 0 Å². The lowest BCUT2D eigenvalue weighted by molar-refractivity contribution is 0.133. The van der Waals surface area contributed by atoms with Crippen molar-refractivity contribution < 1.29 is 13.2 Å². The summed E-state index contributed by atoms with van der Waals surface area (Å²) in [7, 11) is -3.46. The van der Waals surface area contributed by atoms with E-state index >= 15 is 0 Å². The fourth-order valence-electron chi connectivity index (χ4n) is 1.88. The van der Waals surface area contributed by atoms with Gasteiger partial charge < -0.3 is 10.1 Å². The number of ether oxygens (including phenoxy) is 1. The fraction of sp³-hybridized carbons (Fsp3) is 0.692. The molecule has 7 heteroatoms. The molecule has 1 aliphatic rings. The maximum atomic E-state index is 12.4. The van der Waals surface area contributed by atoms with Gasteiger partial charge in [0, 0.05) is 30.1 Å². The minimum absolute atomic E-state index is 0.232. The molecule has 0 radical (unpaired) electrons. The lowest BCUT2D eigenvalue weighted by Gasteiger charge is -2.14. The Morgan fingerprint density at radius 2 is 2.25 bits per heavy atom. The van der Waals surface area contributed by atoms with E-state index in [-0.39, 0.29) is 6.04 Å².